The third-order valence-corrected chi connectivity index (χ3v) is 5.05. The van der Waals surface area contributed by atoms with Crippen LogP contribution in [0.2, 0.25) is 0 Å². The molecule has 1 saturated heterocycles. The van der Waals surface area contributed by atoms with Gasteiger partial charge < -0.3 is 10.0 Å². The Morgan fingerprint density at radius 1 is 1.29 bits per heavy atom. The lowest BCUT2D eigenvalue weighted by Crippen LogP contribution is -2.42. The molecule has 0 unspecified atom stereocenters. The number of amides is 1. The number of para-hydroxylation sites is 1. The summed E-state index contributed by atoms with van der Waals surface area (Å²) < 4.78 is 0. The van der Waals surface area contributed by atoms with Crippen LogP contribution >= 0.6 is 11.8 Å². The van der Waals surface area contributed by atoms with E-state index in [9.17, 15) is 9.59 Å². The van der Waals surface area contributed by atoms with Crippen molar-refractivity contribution in [3.8, 4) is 0 Å². The summed E-state index contributed by atoms with van der Waals surface area (Å²) in [7, 11) is 0. The second-order valence-corrected chi connectivity index (χ2v) is 6.56. The second kappa shape index (κ2) is 6.07. The largest absolute Gasteiger partial charge is 0.481 e. The third kappa shape index (κ3) is 3.06. The van der Waals surface area contributed by atoms with Gasteiger partial charge in [-0.3, -0.25) is 14.5 Å². The number of rotatable bonds is 3. The van der Waals surface area contributed by atoms with Gasteiger partial charge in [-0.1, -0.05) is 12.1 Å². The van der Waals surface area contributed by atoms with Crippen molar-refractivity contribution in [1.82, 2.24) is 4.90 Å². The Balaban J connectivity index is 1.66. The first kappa shape index (κ1) is 14.4. The van der Waals surface area contributed by atoms with E-state index in [0.717, 1.165) is 22.9 Å². The van der Waals surface area contributed by atoms with Gasteiger partial charge >= 0.3 is 5.97 Å². The quantitative estimate of drug-likeness (QED) is 0.918. The molecular formula is C15H18N2O3S. The summed E-state index contributed by atoms with van der Waals surface area (Å²) >= 11 is 1.77. The first-order chi connectivity index (χ1) is 10.1. The Kier molecular flexibility index (Phi) is 4.17. The van der Waals surface area contributed by atoms with E-state index in [1.807, 2.05) is 34.1 Å². The third-order valence-electron chi connectivity index (χ3n) is 4.01. The lowest BCUT2D eigenvalue weighted by atomic mass is 10.1. The van der Waals surface area contributed by atoms with Crippen LogP contribution in [0.15, 0.2) is 29.2 Å². The van der Waals surface area contributed by atoms with Crippen LogP contribution in [0.5, 0.6) is 0 Å². The van der Waals surface area contributed by atoms with Crippen LogP contribution < -0.4 is 4.90 Å². The van der Waals surface area contributed by atoms with E-state index in [-0.39, 0.29) is 11.8 Å². The van der Waals surface area contributed by atoms with Gasteiger partial charge in [0.2, 0.25) is 5.91 Å². The lowest BCUT2D eigenvalue weighted by Gasteiger charge is -2.30. The molecule has 112 valence electrons. The van der Waals surface area contributed by atoms with Crippen molar-refractivity contribution in [3.05, 3.63) is 24.3 Å². The molecule has 0 spiro atoms. The fraction of sp³-hybridized carbons (Fsp3) is 0.467. The van der Waals surface area contributed by atoms with Crippen LogP contribution in [0.4, 0.5) is 5.69 Å². The van der Waals surface area contributed by atoms with Gasteiger partial charge in [0.1, 0.15) is 0 Å². The highest BCUT2D eigenvalue weighted by molar-refractivity contribution is 7.99. The van der Waals surface area contributed by atoms with E-state index in [2.05, 4.69) is 0 Å². The lowest BCUT2D eigenvalue weighted by molar-refractivity contribution is -0.141. The smallest absolute Gasteiger partial charge is 0.307 e. The first-order valence-corrected chi connectivity index (χ1v) is 8.11. The highest BCUT2D eigenvalue weighted by atomic mass is 32.2. The molecule has 2 heterocycles. The van der Waals surface area contributed by atoms with E-state index in [0.29, 0.717) is 26.1 Å². The number of fused-ring (bicyclic) bond motifs is 1. The van der Waals surface area contributed by atoms with Gasteiger partial charge in [0.15, 0.2) is 0 Å². The van der Waals surface area contributed by atoms with Gasteiger partial charge in [0, 0.05) is 23.7 Å². The summed E-state index contributed by atoms with van der Waals surface area (Å²) in [4.78, 5) is 28.4. The normalized spacial score (nSPS) is 22.1. The summed E-state index contributed by atoms with van der Waals surface area (Å²) in [5.41, 5.74) is 0.979. The van der Waals surface area contributed by atoms with Crippen molar-refractivity contribution in [2.75, 3.05) is 36.8 Å². The number of hydrogen-bond donors (Lipinski definition) is 1. The van der Waals surface area contributed by atoms with Crippen molar-refractivity contribution in [3.63, 3.8) is 0 Å². The van der Waals surface area contributed by atoms with E-state index in [1.165, 1.54) is 0 Å². The molecule has 1 aromatic carbocycles. The molecule has 0 radical (unpaired) electrons. The molecule has 1 N–H and O–H groups in total. The van der Waals surface area contributed by atoms with Gasteiger partial charge in [-0.2, -0.15) is 0 Å². The Bertz CT molecular complexity index is 564. The maximum absolute atomic E-state index is 12.5. The van der Waals surface area contributed by atoms with Crippen molar-refractivity contribution < 1.29 is 14.7 Å². The summed E-state index contributed by atoms with van der Waals surface area (Å²) in [5, 5.41) is 9.02. The molecule has 0 aliphatic carbocycles. The molecule has 1 aromatic rings. The van der Waals surface area contributed by atoms with Gasteiger partial charge in [0.05, 0.1) is 18.2 Å². The van der Waals surface area contributed by atoms with Crippen LogP contribution in [-0.4, -0.2) is 53.8 Å². The predicted molar refractivity (Wildman–Crippen MR) is 81.7 cm³/mol. The van der Waals surface area contributed by atoms with Crippen molar-refractivity contribution >= 4 is 29.3 Å². The van der Waals surface area contributed by atoms with Crippen LogP contribution in [0.1, 0.15) is 6.42 Å². The summed E-state index contributed by atoms with van der Waals surface area (Å²) in [6, 6.07) is 7.94. The van der Waals surface area contributed by atoms with Crippen LogP contribution in [-0.2, 0) is 9.59 Å². The van der Waals surface area contributed by atoms with Crippen LogP contribution in [0, 0.1) is 5.92 Å². The number of carbonyl (C=O) groups excluding carboxylic acids is 1. The van der Waals surface area contributed by atoms with Gasteiger partial charge in [-0.15, -0.1) is 11.8 Å². The average Bonchev–Trinajstić information content (AvgIpc) is 2.95. The standard InChI is InChI=1S/C15H18N2O3S/c18-14(10-16-6-5-11(9-16)15(19)20)17-7-8-21-13-4-2-1-3-12(13)17/h1-4,11H,5-10H2,(H,19,20)/t11-/m1/s1. The number of hydrogen-bond acceptors (Lipinski definition) is 4. The molecule has 1 amide bonds. The highest BCUT2D eigenvalue weighted by Crippen LogP contribution is 2.34. The summed E-state index contributed by atoms with van der Waals surface area (Å²) in [6.45, 7) is 2.19. The molecule has 0 bridgehead atoms. The zero-order valence-corrected chi connectivity index (χ0v) is 12.5. The number of nitrogens with zero attached hydrogens (tertiary/aromatic N) is 2. The van der Waals surface area contributed by atoms with Crippen molar-refractivity contribution in [2.24, 2.45) is 5.92 Å². The number of anilines is 1. The molecule has 1 atom stereocenters. The summed E-state index contributed by atoms with van der Waals surface area (Å²) in [5.74, 6) is -0.124. The number of carboxylic acid groups (broad SMARTS) is 1. The highest BCUT2D eigenvalue weighted by Gasteiger charge is 2.31. The molecule has 0 saturated carbocycles. The van der Waals surface area contributed by atoms with E-state index < -0.39 is 5.97 Å². The summed E-state index contributed by atoms with van der Waals surface area (Å²) in [6.07, 6.45) is 0.634. The molecule has 2 aliphatic rings. The predicted octanol–water partition coefficient (Wildman–Crippen LogP) is 1.53. The molecule has 3 rings (SSSR count). The molecule has 5 nitrogen and oxygen atoms in total. The Labute approximate surface area is 127 Å². The van der Waals surface area contributed by atoms with Crippen molar-refractivity contribution in [1.29, 1.82) is 0 Å². The number of benzene rings is 1. The number of carbonyl (C=O) groups is 2. The minimum absolute atomic E-state index is 0.0637. The number of likely N-dealkylation sites (tertiary alicyclic amines) is 1. The number of aliphatic carboxylic acids is 1. The van der Waals surface area contributed by atoms with E-state index in [4.69, 9.17) is 5.11 Å². The molecule has 2 aliphatic heterocycles. The molecular weight excluding hydrogens is 288 g/mol. The minimum atomic E-state index is -0.760. The molecule has 21 heavy (non-hydrogen) atoms. The Hall–Kier alpha value is -1.53. The van der Waals surface area contributed by atoms with Gasteiger partial charge in [-0.05, 0) is 25.1 Å². The minimum Gasteiger partial charge on any atom is -0.481 e. The Morgan fingerprint density at radius 3 is 2.86 bits per heavy atom. The molecule has 6 heteroatoms. The Morgan fingerprint density at radius 2 is 2.10 bits per heavy atom. The fourth-order valence-electron chi connectivity index (χ4n) is 2.88. The van der Waals surface area contributed by atoms with Gasteiger partial charge in [-0.25, -0.2) is 0 Å². The molecule has 0 aromatic heterocycles. The SMILES string of the molecule is O=C(O)[C@@H]1CCN(CC(=O)N2CCSc3ccccc32)C1. The second-order valence-electron chi connectivity index (χ2n) is 5.42. The number of carboxylic acids is 1. The topological polar surface area (TPSA) is 60.9 Å². The van der Waals surface area contributed by atoms with Gasteiger partial charge in [0.25, 0.3) is 0 Å². The van der Waals surface area contributed by atoms with Crippen LogP contribution in [0.25, 0.3) is 0 Å². The zero-order chi connectivity index (χ0) is 14.8. The first-order valence-electron chi connectivity index (χ1n) is 7.12. The fourth-order valence-corrected chi connectivity index (χ4v) is 3.88. The zero-order valence-electron chi connectivity index (χ0n) is 11.7. The van der Waals surface area contributed by atoms with Crippen LogP contribution in [0.3, 0.4) is 0 Å². The maximum atomic E-state index is 12.5. The molecule has 1 fully saturated rings. The monoisotopic (exact) mass is 306 g/mol. The van der Waals surface area contributed by atoms with E-state index >= 15 is 0 Å². The van der Waals surface area contributed by atoms with Crippen molar-refractivity contribution in [2.45, 2.75) is 11.3 Å². The number of thioether (sulfide) groups is 1. The van der Waals surface area contributed by atoms with E-state index in [1.54, 1.807) is 11.8 Å². The average molecular weight is 306 g/mol. The maximum Gasteiger partial charge on any atom is 0.307 e.